The second-order valence-electron chi connectivity index (χ2n) is 5.71. The number of nitrogens with one attached hydrogen (secondary N) is 1. The van der Waals surface area contributed by atoms with Gasteiger partial charge in [0.05, 0.1) is 14.2 Å². The van der Waals surface area contributed by atoms with Crippen molar-refractivity contribution >= 4 is 18.3 Å². The number of carbonyl (C=O) groups excluding carboxylic acids is 1. The molecular weight excluding hydrogens is 304 g/mol. The molecular formula is C16H25ClN2O3. The SMILES string of the molecule is COc1cc(OC)cc(C(=O)NCC2(N)CCCCC2)c1.Cl. The van der Waals surface area contributed by atoms with Crippen molar-refractivity contribution in [1.29, 1.82) is 0 Å². The van der Waals surface area contributed by atoms with Gasteiger partial charge in [0.1, 0.15) is 11.5 Å². The average molecular weight is 329 g/mol. The standard InChI is InChI=1S/C16H24N2O3.ClH/c1-20-13-8-12(9-14(10-13)21-2)15(19)18-11-16(17)6-4-3-5-7-16;/h8-10H,3-7,11,17H2,1-2H3,(H,18,19);1H. The predicted molar refractivity (Wildman–Crippen MR) is 89.1 cm³/mol. The van der Waals surface area contributed by atoms with Crippen molar-refractivity contribution in [2.75, 3.05) is 20.8 Å². The Bertz CT molecular complexity index is 480. The summed E-state index contributed by atoms with van der Waals surface area (Å²) in [6.07, 6.45) is 5.45. The van der Waals surface area contributed by atoms with E-state index in [0.29, 0.717) is 23.6 Å². The summed E-state index contributed by atoms with van der Waals surface area (Å²) in [5.41, 5.74) is 6.59. The van der Waals surface area contributed by atoms with Crippen LogP contribution < -0.4 is 20.5 Å². The highest BCUT2D eigenvalue weighted by Crippen LogP contribution is 2.26. The van der Waals surface area contributed by atoms with Crippen molar-refractivity contribution in [2.24, 2.45) is 5.73 Å². The summed E-state index contributed by atoms with van der Waals surface area (Å²) >= 11 is 0. The van der Waals surface area contributed by atoms with Gasteiger partial charge in [-0.1, -0.05) is 19.3 Å². The van der Waals surface area contributed by atoms with Gasteiger partial charge in [0.15, 0.2) is 0 Å². The summed E-state index contributed by atoms with van der Waals surface area (Å²) in [5.74, 6) is 1.04. The number of hydrogen-bond acceptors (Lipinski definition) is 4. The molecule has 0 radical (unpaired) electrons. The molecule has 0 unspecified atom stereocenters. The number of rotatable bonds is 5. The number of benzene rings is 1. The molecule has 5 nitrogen and oxygen atoms in total. The normalized spacial score (nSPS) is 16.3. The van der Waals surface area contributed by atoms with E-state index in [1.54, 1.807) is 32.4 Å². The summed E-state index contributed by atoms with van der Waals surface area (Å²) in [5, 5.41) is 2.94. The highest BCUT2D eigenvalue weighted by molar-refractivity contribution is 5.95. The van der Waals surface area contributed by atoms with E-state index >= 15 is 0 Å². The molecule has 1 saturated carbocycles. The predicted octanol–water partition coefficient (Wildman–Crippen LogP) is 2.52. The molecule has 0 bridgehead atoms. The zero-order valence-electron chi connectivity index (χ0n) is 13.2. The molecule has 1 aromatic carbocycles. The van der Waals surface area contributed by atoms with E-state index in [1.165, 1.54) is 6.42 Å². The number of nitrogens with two attached hydrogens (primary N) is 1. The van der Waals surface area contributed by atoms with Crippen LogP contribution in [0.2, 0.25) is 0 Å². The summed E-state index contributed by atoms with van der Waals surface area (Å²) in [7, 11) is 3.13. The average Bonchev–Trinajstić information content (AvgIpc) is 2.52. The number of halogens is 1. The lowest BCUT2D eigenvalue weighted by atomic mass is 9.82. The molecule has 0 heterocycles. The van der Waals surface area contributed by atoms with Crippen LogP contribution in [0.5, 0.6) is 11.5 Å². The smallest absolute Gasteiger partial charge is 0.251 e. The first-order valence-electron chi connectivity index (χ1n) is 7.36. The van der Waals surface area contributed by atoms with Gasteiger partial charge in [-0.3, -0.25) is 4.79 Å². The van der Waals surface area contributed by atoms with Gasteiger partial charge >= 0.3 is 0 Å². The lowest BCUT2D eigenvalue weighted by Gasteiger charge is -2.33. The largest absolute Gasteiger partial charge is 0.497 e. The van der Waals surface area contributed by atoms with Crippen LogP contribution in [0.3, 0.4) is 0 Å². The molecule has 0 aliphatic heterocycles. The maximum atomic E-state index is 12.3. The lowest BCUT2D eigenvalue weighted by molar-refractivity contribution is 0.0937. The van der Waals surface area contributed by atoms with E-state index in [1.807, 2.05) is 0 Å². The molecule has 0 aromatic heterocycles. The van der Waals surface area contributed by atoms with E-state index in [0.717, 1.165) is 25.7 Å². The topological polar surface area (TPSA) is 73.6 Å². The molecule has 0 atom stereocenters. The van der Waals surface area contributed by atoms with Crippen LogP contribution in [0, 0.1) is 0 Å². The molecule has 124 valence electrons. The van der Waals surface area contributed by atoms with Gasteiger partial charge in [0, 0.05) is 23.7 Å². The Morgan fingerprint density at radius 2 is 1.68 bits per heavy atom. The molecule has 3 N–H and O–H groups in total. The minimum atomic E-state index is -0.267. The van der Waals surface area contributed by atoms with Crippen LogP contribution in [-0.2, 0) is 0 Å². The summed E-state index contributed by atoms with van der Waals surface area (Å²) < 4.78 is 10.4. The van der Waals surface area contributed by atoms with Crippen LogP contribution in [-0.4, -0.2) is 32.2 Å². The quantitative estimate of drug-likeness (QED) is 0.871. The number of methoxy groups -OCH3 is 2. The Kier molecular flexibility index (Phi) is 6.97. The molecule has 1 aliphatic carbocycles. The highest BCUT2D eigenvalue weighted by Gasteiger charge is 2.27. The fraction of sp³-hybridized carbons (Fsp3) is 0.562. The molecule has 22 heavy (non-hydrogen) atoms. The first-order chi connectivity index (χ1) is 10.1. The van der Waals surface area contributed by atoms with Gasteiger partial charge in [-0.15, -0.1) is 12.4 Å². The second kappa shape index (κ2) is 8.25. The molecule has 6 heteroatoms. The summed E-state index contributed by atoms with van der Waals surface area (Å²) in [6.45, 7) is 0.505. The Labute approximate surface area is 138 Å². The fourth-order valence-electron chi connectivity index (χ4n) is 2.73. The third-order valence-electron chi connectivity index (χ3n) is 4.06. The van der Waals surface area contributed by atoms with Gasteiger partial charge in [-0.05, 0) is 25.0 Å². The van der Waals surface area contributed by atoms with Crippen molar-refractivity contribution < 1.29 is 14.3 Å². The Morgan fingerprint density at radius 3 is 2.18 bits per heavy atom. The maximum absolute atomic E-state index is 12.3. The number of ether oxygens (including phenoxy) is 2. The highest BCUT2D eigenvalue weighted by atomic mass is 35.5. The zero-order chi connectivity index (χ0) is 15.3. The third kappa shape index (κ3) is 4.78. The van der Waals surface area contributed by atoms with Crippen LogP contribution in [0.15, 0.2) is 18.2 Å². The second-order valence-corrected chi connectivity index (χ2v) is 5.71. The van der Waals surface area contributed by atoms with Crippen LogP contribution in [0.4, 0.5) is 0 Å². The van der Waals surface area contributed by atoms with Crippen molar-refractivity contribution in [3.05, 3.63) is 23.8 Å². The van der Waals surface area contributed by atoms with Gasteiger partial charge in [0.2, 0.25) is 0 Å². The van der Waals surface area contributed by atoms with Crippen LogP contribution in [0.1, 0.15) is 42.5 Å². The molecule has 1 fully saturated rings. The fourth-order valence-corrected chi connectivity index (χ4v) is 2.73. The van der Waals surface area contributed by atoms with E-state index in [2.05, 4.69) is 5.32 Å². The van der Waals surface area contributed by atoms with Crippen LogP contribution >= 0.6 is 12.4 Å². The van der Waals surface area contributed by atoms with Gasteiger partial charge in [-0.25, -0.2) is 0 Å². The molecule has 0 spiro atoms. The van der Waals surface area contributed by atoms with Gasteiger partial charge in [-0.2, -0.15) is 0 Å². The van der Waals surface area contributed by atoms with Crippen molar-refractivity contribution in [3.8, 4) is 11.5 Å². The van der Waals surface area contributed by atoms with E-state index in [4.69, 9.17) is 15.2 Å². The third-order valence-corrected chi connectivity index (χ3v) is 4.06. The van der Waals surface area contributed by atoms with Gasteiger partial charge < -0.3 is 20.5 Å². The maximum Gasteiger partial charge on any atom is 0.251 e. The molecule has 0 saturated heterocycles. The number of amides is 1. The lowest BCUT2D eigenvalue weighted by Crippen LogP contribution is -2.51. The molecule has 2 rings (SSSR count). The number of carbonyl (C=O) groups is 1. The summed E-state index contributed by atoms with van der Waals surface area (Å²) in [4.78, 5) is 12.3. The Balaban J connectivity index is 0.00000242. The first kappa shape index (κ1) is 18.6. The van der Waals surface area contributed by atoms with E-state index in [9.17, 15) is 4.79 Å². The van der Waals surface area contributed by atoms with Crippen molar-refractivity contribution in [1.82, 2.24) is 5.32 Å². The molecule has 1 aromatic rings. The number of hydrogen-bond donors (Lipinski definition) is 2. The van der Waals surface area contributed by atoms with Crippen LogP contribution in [0.25, 0.3) is 0 Å². The first-order valence-corrected chi connectivity index (χ1v) is 7.36. The Morgan fingerprint density at radius 1 is 1.14 bits per heavy atom. The molecule has 1 amide bonds. The van der Waals surface area contributed by atoms with Crippen molar-refractivity contribution in [3.63, 3.8) is 0 Å². The van der Waals surface area contributed by atoms with Crippen molar-refractivity contribution in [2.45, 2.75) is 37.6 Å². The zero-order valence-corrected chi connectivity index (χ0v) is 14.0. The molecule has 1 aliphatic rings. The monoisotopic (exact) mass is 328 g/mol. The summed E-state index contributed by atoms with van der Waals surface area (Å²) in [6, 6.07) is 5.13. The minimum absolute atomic E-state index is 0. The van der Waals surface area contributed by atoms with E-state index in [-0.39, 0.29) is 23.9 Å². The van der Waals surface area contributed by atoms with Gasteiger partial charge in [0.25, 0.3) is 5.91 Å². The minimum Gasteiger partial charge on any atom is -0.497 e. The van der Waals surface area contributed by atoms with E-state index < -0.39 is 0 Å². The Hall–Kier alpha value is -1.46.